The molecular weight excluding hydrogens is 446 g/mol. The number of amides is 2. The van der Waals surface area contributed by atoms with Crippen LogP contribution >= 0.6 is 0 Å². The minimum atomic E-state index is -0.681. The zero-order chi connectivity index (χ0) is 24.2. The van der Waals surface area contributed by atoms with Gasteiger partial charge in [-0.2, -0.15) is 0 Å². The Morgan fingerprint density at radius 3 is 2.51 bits per heavy atom. The second-order valence-electron chi connectivity index (χ2n) is 8.34. The van der Waals surface area contributed by atoms with Gasteiger partial charge in [-0.15, -0.1) is 0 Å². The number of oxime groups is 1. The molecule has 5 rings (SSSR count). The Hall–Kier alpha value is -4.33. The van der Waals surface area contributed by atoms with Gasteiger partial charge in [0.1, 0.15) is 13.2 Å². The predicted molar refractivity (Wildman–Crippen MR) is 130 cm³/mol. The first-order valence-corrected chi connectivity index (χ1v) is 11.3. The highest BCUT2D eigenvalue weighted by Gasteiger charge is 2.38. The van der Waals surface area contributed by atoms with Crippen molar-refractivity contribution in [3.63, 3.8) is 0 Å². The molecule has 0 bridgehead atoms. The summed E-state index contributed by atoms with van der Waals surface area (Å²) >= 11 is 0. The van der Waals surface area contributed by atoms with E-state index < -0.39 is 6.04 Å². The fraction of sp³-hybridized carbons (Fsp3) is 0.222. The molecule has 3 aromatic rings. The summed E-state index contributed by atoms with van der Waals surface area (Å²) in [6.45, 7) is 0.726. The SMILES string of the molecule is CO/N=C1\CC(C(=O)NCc2ccc3c(c2)OCO3)N(C(=O)c2ccc(-c3ccccc3)cc2)C1. The highest BCUT2D eigenvalue weighted by molar-refractivity contribution is 6.05. The smallest absolute Gasteiger partial charge is 0.254 e. The van der Waals surface area contributed by atoms with Gasteiger partial charge in [0.25, 0.3) is 5.91 Å². The number of nitrogens with zero attached hydrogens (tertiary/aromatic N) is 2. The Balaban J connectivity index is 1.30. The molecule has 2 aliphatic rings. The zero-order valence-corrected chi connectivity index (χ0v) is 19.3. The summed E-state index contributed by atoms with van der Waals surface area (Å²) in [5.74, 6) is 0.863. The lowest BCUT2D eigenvalue weighted by atomic mass is 10.0. The summed E-state index contributed by atoms with van der Waals surface area (Å²) in [6.07, 6.45) is 0.314. The van der Waals surface area contributed by atoms with E-state index in [1.54, 1.807) is 17.0 Å². The summed E-state index contributed by atoms with van der Waals surface area (Å²) in [7, 11) is 1.45. The topological polar surface area (TPSA) is 89.5 Å². The fourth-order valence-electron chi connectivity index (χ4n) is 4.31. The van der Waals surface area contributed by atoms with Gasteiger partial charge in [-0.05, 0) is 41.0 Å². The molecule has 1 atom stereocenters. The monoisotopic (exact) mass is 471 g/mol. The number of nitrogens with one attached hydrogen (secondary N) is 1. The number of hydrogen-bond donors (Lipinski definition) is 1. The first-order chi connectivity index (χ1) is 17.1. The zero-order valence-electron chi connectivity index (χ0n) is 19.3. The molecule has 1 saturated heterocycles. The van der Waals surface area contributed by atoms with E-state index in [-0.39, 0.29) is 25.2 Å². The molecule has 8 heteroatoms. The Morgan fingerprint density at radius 1 is 1.00 bits per heavy atom. The van der Waals surface area contributed by atoms with Crippen molar-refractivity contribution >= 4 is 17.5 Å². The van der Waals surface area contributed by atoms with Gasteiger partial charge in [-0.1, -0.05) is 53.7 Å². The molecule has 2 aliphatic heterocycles. The van der Waals surface area contributed by atoms with E-state index in [9.17, 15) is 9.59 Å². The molecule has 0 spiro atoms. The normalized spacial score (nSPS) is 17.5. The molecule has 35 heavy (non-hydrogen) atoms. The highest BCUT2D eigenvalue weighted by Crippen LogP contribution is 2.32. The molecule has 1 unspecified atom stereocenters. The Kier molecular flexibility index (Phi) is 6.34. The van der Waals surface area contributed by atoms with Gasteiger partial charge in [-0.3, -0.25) is 9.59 Å². The van der Waals surface area contributed by atoms with E-state index in [2.05, 4.69) is 10.5 Å². The molecule has 0 saturated carbocycles. The van der Waals surface area contributed by atoms with E-state index in [0.717, 1.165) is 16.7 Å². The molecule has 2 amide bonds. The average molecular weight is 472 g/mol. The lowest BCUT2D eigenvalue weighted by molar-refractivity contribution is -0.124. The number of carbonyl (C=O) groups is 2. The van der Waals surface area contributed by atoms with Crippen molar-refractivity contribution in [1.29, 1.82) is 0 Å². The first kappa shape index (κ1) is 22.5. The van der Waals surface area contributed by atoms with E-state index in [1.165, 1.54) is 7.11 Å². The second-order valence-corrected chi connectivity index (χ2v) is 8.34. The quantitative estimate of drug-likeness (QED) is 0.555. The molecule has 0 aliphatic carbocycles. The minimum absolute atomic E-state index is 0.193. The summed E-state index contributed by atoms with van der Waals surface area (Å²) in [5, 5.41) is 6.94. The maximum absolute atomic E-state index is 13.4. The van der Waals surface area contributed by atoms with Crippen molar-refractivity contribution < 1.29 is 23.9 Å². The largest absolute Gasteiger partial charge is 0.454 e. The van der Waals surface area contributed by atoms with Crippen molar-refractivity contribution in [2.24, 2.45) is 5.16 Å². The fourth-order valence-corrected chi connectivity index (χ4v) is 4.31. The molecule has 2 heterocycles. The van der Waals surface area contributed by atoms with Gasteiger partial charge in [0.15, 0.2) is 11.5 Å². The maximum Gasteiger partial charge on any atom is 0.254 e. The third-order valence-electron chi connectivity index (χ3n) is 6.08. The van der Waals surface area contributed by atoms with Crippen molar-refractivity contribution in [3.8, 4) is 22.6 Å². The number of benzene rings is 3. The van der Waals surface area contributed by atoms with E-state index in [1.807, 2.05) is 60.7 Å². The van der Waals surface area contributed by atoms with Crippen LogP contribution in [-0.2, 0) is 16.2 Å². The lowest BCUT2D eigenvalue weighted by Gasteiger charge is -2.23. The summed E-state index contributed by atoms with van der Waals surface area (Å²) < 4.78 is 10.7. The first-order valence-electron chi connectivity index (χ1n) is 11.3. The van der Waals surface area contributed by atoms with Crippen LogP contribution in [0.3, 0.4) is 0 Å². The van der Waals surface area contributed by atoms with Crippen LogP contribution in [0, 0.1) is 0 Å². The standard InChI is InChI=1S/C27H25N3O5/c1-33-29-22-14-23(26(31)28-15-18-7-12-24-25(13-18)35-17-34-24)30(16-22)27(32)21-10-8-20(9-11-21)19-5-3-2-4-6-19/h2-13,23H,14-17H2,1H3,(H,28,31)/b29-22+. The van der Waals surface area contributed by atoms with Crippen LogP contribution in [0.4, 0.5) is 0 Å². The Morgan fingerprint density at radius 2 is 1.74 bits per heavy atom. The Labute approximate surface area is 203 Å². The second kappa shape index (κ2) is 9.89. The third kappa shape index (κ3) is 4.82. The van der Waals surface area contributed by atoms with Gasteiger partial charge in [0.05, 0.1) is 12.3 Å². The molecule has 3 aromatic carbocycles. The molecule has 0 radical (unpaired) electrons. The van der Waals surface area contributed by atoms with Crippen LogP contribution in [0.25, 0.3) is 11.1 Å². The number of ether oxygens (including phenoxy) is 2. The van der Waals surface area contributed by atoms with Crippen LogP contribution in [0.1, 0.15) is 22.3 Å². The van der Waals surface area contributed by atoms with Gasteiger partial charge in [-0.25, -0.2) is 0 Å². The van der Waals surface area contributed by atoms with Gasteiger partial charge in [0.2, 0.25) is 12.7 Å². The lowest BCUT2D eigenvalue weighted by Crippen LogP contribution is -2.45. The van der Waals surface area contributed by atoms with Gasteiger partial charge < -0.3 is 24.5 Å². The number of rotatable bonds is 6. The van der Waals surface area contributed by atoms with Crippen LogP contribution in [0.15, 0.2) is 78.0 Å². The van der Waals surface area contributed by atoms with E-state index in [0.29, 0.717) is 35.7 Å². The highest BCUT2D eigenvalue weighted by atomic mass is 16.7. The van der Waals surface area contributed by atoms with Gasteiger partial charge >= 0.3 is 0 Å². The van der Waals surface area contributed by atoms with E-state index >= 15 is 0 Å². The molecule has 178 valence electrons. The summed E-state index contributed by atoms with van der Waals surface area (Å²) in [4.78, 5) is 33.0. The summed E-state index contributed by atoms with van der Waals surface area (Å²) in [6, 6.07) is 22.2. The number of hydrogen-bond acceptors (Lipinski definition) is 6. The maximum atomic E-state index is 13.4. The molecule has 1 fully saturated rings. The molecular formula is C27H25N3O5. The van der Waals surface area contributed by atoms with Crippen molar-refractivity contribution in [2.75, 3.05) is 20.4 Å². The van der Waals surface area contributed by atoms with Crippen molar-refractivity contribution in [1.82, 2.24) is 10.2 Å². The number of fused-ring (bicyclic) bond motifs is 1. The van der Waals surface area contributed by atoms with Crippen molar-refractivity contribution in [3.05, 3.63) is 83.9 Å². The summed E-state index contributed by atoms with van der Waals surface area (Å²) in [5.41, 5.74) is 4.12. The Bertz CT molecular complexity index is 1260. The van der Waals surface area contributed by atoms with Crippen LogP contribution < -0.4 is 14.8 Å². The van der Waals surface area contributed by atoms with Crippen LogP contribution in [-0.4, -0.2) is 48.9 Å². The average Bonchev–Trinajstić information content (AvgIpc) is 3.54. The molecule has 1 N–H and O–H groups in total. The van der Waals surface area contributed by atoms with E-state index in [4.69, 9.17) is 14.3 Å². The molecule has 0 aromatic heterocycles. The van der Waals surface area contributed by atoms with Gasteiger partial charge in [0, 0.05) is 18.5 Å². The third-order valence-corrected chi connectivity index (χ3v) is 6.08. The predicted octanol–water partition coefficient (Wildman–Crippen LogP) is 3.62. The number of likely N-dealkylation sites (tertiary alicyclic amines) is 1. The molecule has 8 nitrogen and oxygen atoms in total. The van der Waals surface area contributed by atoms with Crippen molar-refractivity contribution in [2.45, 2.75) is 19.0 Å². The minimum Gasteiger partial charge on any atom is -0.454 e. The van der Waals surface area contributed by atoms with Crippen LogP contribution in [0.2, 0.25) is 0 Å². The van der Waals surface area contributed by atoms with Crippen LogP contribution in [0.5, 0.6) is 11.5 Å². The number of carbonyl (C=O) groups excluding carboxylic acids is 2.